The zero-order chi connectivity index (χ0) is 10.2. The molecule has 2 saturated heterocycles. The number of ether oxygens (including phenoxy) is 1. The molecule has 0 spiro atoms. The molecule has 2 unspecified atom stereocenters. The van der Waals surface area contributed by atoms with Gasteiger partial charge in [0.1, 0.15) is 5.72 Å². The van der Waals surface area contributed by atoms with E-state index in [-0.39, 0.29) is 11.3 Å². The van der Waals surface area contributed by atoms with Gasteiger partial charge in [0.05, 0.1) is 6.61 Å². The molecule has 2 rings (SSSR count). The van der Waals surface area contributed by atoms with Gasteiger partial charge in [0.15, 0.2) is 0 Å². The van der Waals surface area contributed by atoms with Crippen LogP contribution in [0.3, 0.4) is 0 Å². The fraction of sp³-hybridized carbons (Fsp3) is 1.00. The van der Waals surface area contributed by atoms with Crippen LogP contribution in [-0.2, 0) is 4.74 Å². The van der Waals surface area contributed by atoms with Crippen LogP contribution >= 0.6 is 0 Å². The lowest BCUT2D eigenvalue weighted by Gasteiger charge is -2.29. The average molecular weight is 198 g/mol. The molecular weight excluding hydrogens is 176 g/mol. The smallest absolute Gasteiger partial charge is 0.117 e. The first kappa shape index (κ1) is 10.4. The lowest BCUT2D eigenvalue weighted by atomic mass is 9.96. The van der Waals surface area contributed by atoms with E-state index >= 15 is 0 Å². The van der Waals surface area contributed by atoms with Gasteiger partial charge in [0.25, 0.3) is 0 Å². The Morgan fingerprint density at radius 2 is 2.14 bits per heavy atom. The highest BCUT2D eigenvalue weighted by atomic mass is 16.5. The molecule has 3 nitrogen and oxygen atoms in total. The third-order valence-corrected chi connectivity index (χ3v) is 3.19. The summed E-state index contributed by atoms with van der Waals surface area (Å²) >= 11 is 0. The third-order valence-electron chi connectivity index (χ3n) is 3.19. The van der Waals surface area contributed by atoms with E-state index in [1.54, 1.807) is 0 Å². The van der Waals surface area contributed by atoms with Crippen molar-refractivity contribution in [3.63, 3.8) is 0 Å². The first-order chi connectivity index (χ1) is 6.49. The van der Waals surface area contributed by atoms with Gasteiger partial charge in [-0.05, 0) is 52.6 Å². The summed E-state index contributed by atoms with van der Waals surface area (Å²) in [5.41, 5.74) is 0.0426. The second-order valence-corrected chi connectivity index (χ2v) is 5.59. The van der Waals surface area contributed by atoms with E-state index in [1.807, 2.05) is 0 Å². The summed E-state index contributed by atoms with van der Waals surface area (Å²) in [6, 6.07) is 0. The van der Waals surface area contributed by atoms with Gasteiger partial charge in [-0.15, -0.1) is 0 Å². The number of rotatable bonds is 2. The Kier molecular flexibility index (Phi) is 2.58. The summed E-state index contributed by atoms with van der Waals surface area (Å²) in [6.07, 6.45) is 2.42. The topological polar surface area (TPSA) is 33.3 Å². The highest BCUT2D eigenvalue weighted by Gasteiger charge is 2.41. The fourth-order valence-electron chi connectivity index (χ4n) is 2.68. The molecule has 2 heterocycles. The highest BCUT2D eigenvalue weighted by molar-refractivity contribution is 4.94. The van der Waals surface area contributed by atoms with E-state index in [0.29, 0.717) is 0 Å². The maximum Gasteiger partial charge on any atom is 0.117 e. The van der Waals surface area contributed by atoms with E-state index in [0.717, 1.165) is 25.5 Å². The van der Waals surface area contributed by atoms with E-state index in [9.17, 15) is 0 Å². The van der Waals surface area contributed by atoms with E-state index in [2.05, 4.69) is 31.4 Å². The summed E-state index contributed by atoms with van der Waals surface area (Å²) in [6.45, 7) is 9.73. The van der Waals surface area contributed by atoms with Gasteiger partial charge in [0.2, 0.25) is 0 Å². The van der Waals surface area contributed by atoms with Crippen molar-refractivity contribution in [1.82, 2.24) is 10.6 Å². The van der Waals surface area contributed by atoms with Crippen molar-refractivity contribution in [2.75, 3.05) is 19.7 Å². The van der Waals surface area contributed by atoms with Crippen LogP contribution in [0.5, 0.6) is 0 Å². The molecule has 14 heavy (non-hydrogen) atoms. The molecule has 2 aliphatic rings. The minimum absolute atomic E-state index is 0.0970. The second kappa shape index (κ2) is 3.47. The van der Waals surface area contributed by atoms with E-state index in [1.165, 1.54) is 13.0 Å². The Labute approximate surface area is 86.6 Å². The standard InChI is InChI=1S/C11H22N2O/c1-10(2)8-14-11(3,13-10)6-9-4-5-12-7-9/h9,12-13H,4-8H2,1-3H3. The zero-order valence-electron chi connectivity index (χ0n) is 9.52. The van der Waals surface area contributed by atoms with Crippen LogP contribution in [0.4, 0.5) is 0 Å². The van der Waals surface area contributed by atoms with Crippen molar-refractivity contribution in [2.24, 2.45) is 5.92 Å². The Balaban J connectivity index is 1.90. The molecule has 2 atom stereocenters. The van der Waals surface area contributed by atoms with Crippen molar-refractivity contribution in [3.05, 3.63) is 0 Å². The summed E-state index contributed by atoms with van der Waals surface area (Å²) in [5, 5.41) is 6.98. The molecule has 0 aromatic rings. The van der Waals surface area contributed by atoms with Gasteiger partial charge in [-0.3, -0.25) is 5.32 Å². The molecule has 0 saturated carbocycles. The fourth-order valence-corrected chi connectivity index (χ4v) is 2.68. The molecule has 2 aliphatic heterocycles. The molecule has 0 radical (unpaired) electrons. The average Bonchev–Trinajstić information content (AvgIpc) is 2.60. The Morgan fingerprint density at radius 1 is 1.36 bits per heavy atom. The molecule has 0 bridgehead atoms. The van der Waals surface area contributed by atoms with Crippen molar-refractivity contribution in [1.29, 1.82) is 0 Å². The molecule has 0 aliphatic carbocycles. The molecule has 3 heteroatoms. The maximum absolute atomic E-state index is 5.88. The lowest BCUT2D eigenvalue weighted by molar-refractivity contribution is -0.0117. The van der Waals surface area contributed by atoms with E-state index in [4.69, 9.17) is 4.74 Å². The molecule has 2 fully saturated rings. The minimum atomic E-state index is -0.0970. The molecule has 0 amide bonds. The lowest BCUT2D eigenvalue weighted by Crippen LogP contribution is -2.47. The monoisotopic (exact) mass is 198 g/mol. The summed E-state index contributed by atoms with van der Waals surface area (Å²) < 4.78 is 5.88. The first-order valence-corrected chi connectivity index (χ1v) is 5.63. The quantitative estimate of drug-likeness (QED) is 0.697. The van der Waals surface area contributed by atoms with Crippen LogP contribution in [-0.4, -0.2) is 31.0 Å². The van der Waals surface area contributed by atoms with Crippen LogP contribution in [0.15, 0.2) is 0 Å². The zero-order valence-corrected chi connectivity index (χ0v) is 9.52. The van der Waals surface area contributed by atoms with Crippen LogP contribution < -0.4 is 10.6 Å². The van der Waals surface area contributed by atoms with Crippen LogP contribution in [0.2, 0.25) is 0 Å². The van der Waals surface area contributed by atoms with Gasteiger partial charge < -0.3 is 10.1 Å². The summed E-state index contributed by atoms with van der Waals surface area (Å²) in [4.78, 5) is 0. The van der Waals surface area contributed by atoms with Crippen molar-refractivity contribution < 1.29 is 4.74 Å². The van der Waals surface area contributed by atoms with E-state index < -0.39 is 0 Å². The molecule has 82 valence electrons. The number of hydrogen-bond donors (Lipinski definition) is 2. The van der Waals surface area contributed by atoms with Crippen LogP contribution in [0.1, 0.15) is 33.6 Å². The molecule has 0 aromatic heterocycles. The number of hydrogen-bond acceptors (Lipinski definition) is 3. The normalized spacial score (nSPS) is 41.8. The molecule has 0 aromatic carbocycles. The minimum Gasteiger partial charge on any atom is -0.359 e. The van der Waals surface area contributed by atoms with Gasteiger partial charge in [-0.25, -0.2) is 0 Å². The molecular formula is C11H22N2O. The summed E-state index contributed by atoms with van der Waals surface area (Å²) in [5.74, 6) is 0.779. The predicted molar refractivity (Wildman–Crippen MR) is 57.2 cm³/mol. The van der Waals surface area contributed by atoms with Gasteiger partial charge in [0, 0.05) is 5.54 Å². The van der Waals surface area contributed by atoms with Crippen molar-refractivity contribution in [3.8, 4) is 0 Å². The number of nitrogens with one attached hydrogen (secondary N) is 2. The van der Waals surface area contributed by atoms with Gasteiger partial charge in [-0.1, -0.05) is 0 Å². The van der Waals surface area contributed by atoms with Crippen molar-refractivity contribution >= 4 is 0 Å². The maximum atomic E-state index is 5.88. The Hall–Kier alpha value is -0.120. The van der Waals surface area contributed by atoms with Gasteiger partial charge in [-0.2, -0.15) is 0 Å². The Morgan fingerprint density at radius 3 is 2.64 bits per heavy atom. The van der Waals surface area contributed by atoms with Crippen molar-refractivity contribution in [2.45, 2.75) is 44.9 Å². The SMILES string of the molecule is CC1(C)COC(C)(CC2CCNC2)N1. The van der Waals surface area contributed by atoms with Crippen LogP contribution in [0.25, 0.3) is 0 Å². The first-order valence-electron chi connectivity index (χ1n) is 5.63. The predicted octanol–water partition coefficient (Wildman–Crippen LogP) is 1.10. The highest BCUT2D eigenvalue weighted by Crippen LogP contribution is 2.30. The summed E-state index contributed by atoms with van der Waals surface area (Å²) in [7, 11) is 0. The van der Waals surface area contributed by atoms with Crippen LogP contribution in [0, 0.1) is 5.92 Å². The Bertz CT molecular complexity index is 211. The largest absolute Gasteiger partial charge is 0.359 e. The third kappa shape index (κ3) is 2.27. The second-order valence-electron chi connectivity index (χ2n) is 5.59. The van der Waals surface area contributed by atoms with Gasteiger partial charge >= 0.3 is 0 Å². The molecule has 2 N–H and O–H groups in total.